The molecule has 0 radical (unpaired) electrons. The first-order valence-corrected chi connectivity index (χ1v) is 5.75. The third kappa shape index (κ3) is 2.23. The lowest BCUT2D eigenvalue weighted by atomic mass is 9.87. The fourth-order valence-corrected chi connectivity index (χ4v) is 2.61. The minimum Gasteiger partial charge on any atom is -0.377 e. The molecular weight excluding hydrogens is 162 g/mol. The van der Waals surface area contributed by atoms with Gasteiger partial charge in [0.2, 0.25) is 0 Å². The molecule has 2 saturated heterocycles. The molecule has 2 rings (SSSR count). The molecule has 2 fully saturated rings. The van der Waals surface area contributed by atoms with Gasteiger partial charge in [0.1, 0.15) is 0 Å². The summed E-state index contributed by atoms with van der Waals surface area (Å²) in [5, 5.41) is 3.60. The number of hydrogen-bond donors (Lipinski definition) is 1. The summed E-state index contributed by atoms with van der Waals surface area (Å²) in [4.78, 5) is 0. The van der Waals surface area contributed by atoms with Gasteiger partial charge in [-0.15, -0.1) is 0 Å². The van der Waals surface area contributed by atoms with Crippen molar-refractivity contribution in [3.05, 3.63) is 0 Å². The van der Waals surface area contributed by atoms with Crippen LogP contribution in [-0.2, 0) is 4.74 Å². The smallest absolute Gasteiger partial charge is 0.0728 e. The molecular formula is C11H21NO. The van der Waals surface area contributed by atoms with Crippen LogP contribution in [0.4, 0.5) is 0 Å². The maximum Gasteiger partial charge on any atom is 0.0728 e. The lowest BCUT2D eigenvalue weighted by molar-refractivity contribution is 0.0600. The van der Waals surface area contributed by atoms with E-state index in [0.29, 0.717) is 12.1 Å². The van der Waals surface area contributed by atoms with Crippen molar-refractivity contribution in [3.8, 4) is 0 Å². The van der Waals surface area contributed by atoms with Crippen LogP contribution in [0, 0.1) is 5.92 Å². The third-order valence-electron chi connectivity index (χ3n) is 3.54. The Bertz CT molecular complexity index is 154. The highest BCUT2D eigenvalue weighted by Crippen LogP contribution is 2.26. The largest absolute Gasteiger partial charge is 0.377 e. The molecule has 2 heteroatoms. The Balaban J connectivity index is 1.84. The summed E-state index contributed by atoms with van der Waals surface area (Å²) < 4.78 is 5.72. The minimum atomic E-state index is 0.523. The molecule has 0 bridgehead atoms. The van der Waals surface area contributed by atoms with Crippen LogP contribution in [0.5, 0.6) is 0 Å². The third-order valence-corrected chi connectivity index (χ3v) is 3.54. The average Bonchev–Trinajstić information content (AvgIpc) is 2.71. The molecule has 0 amide bonds. The van der Waals surface area contributed by atoms with Crippen molar-refractivity contribution >= 4 is 0 Å². The summed E-state index contributed by atoms with van der Waals surface area (Å²) >= 11 is 0. The van der Waals surface area contributed by atoms with Crippen LogP contribution >= 0.6 is 0 Å². The summed E-state index contributed by atoms with van der Waals surface area (Å²) in [6.07, 6.45) is 7.09. The lowest BCUT2D eigenvalue weighted by Gasteiger charge is -2.33. The van der Waals surface area contributed by atoms with Gasteiger partial charge in [-0.05, 0) is 38.1 Å². The summed E-state index contributed by atoms with van der Waals surface area (Å²) in [5.74, 6) is 0.940. The standard InChI is InChI=1S/C11H21NO/c1-2-9-5-6-12-10(8-9)11-4-3-7-13-11/h9-12H,2-8H2,1H3. The SMILES string of the molecule is CCC1CCNC(C2CCCO2)C1. The van der Waals surface area contributed by atoms with E-state index < -0.39 is 0 Å². The zero-order valence-corrected chi connectivity index (χ0v) is 8.59. The number of ether oxygens (including phenoxy) is 1. The molecule has 2 aliphatic heterocycles. The van der Waals surface area contributed by atoms with Crippen LogP contribution in [0.1, 0.15) is 39.0 Å². The van der Waals surface area contributed by atoms with E-state index in [4.69, 9.17) is 4.74 Å². The molecule has 0 aliphatic carbocycles. The zero-order valence-electron chi connectivity index (χ0n) is 8.59. The predicted molar refractivity (Wildman–Crippen MR) is 53.8 cm³/mol. The molecule has 0 spiro atoms. The van der Waals surface area contributed by atoms with Crippen LogP contribution in [0.15, 0.2) is 0 Å². The average molecular weight is 183 g/mol. The van der Waals surface area contributed by atoms with Crippen molar-refractivity contribution in [3.63, 3.8) is 0 Å². The van der Waals surface area contributed by atoms with Crippen molar-refractivity contribution < 1.29 is 4.74 Å². The molecule has 0 saturated carbocycles. The molecule has 2 nitrogen and oxygen atoms in total. The van der Waals surface area contributed by atoms with E-state index in [1.54, 1.807) is 0 Å². The zero-order chi connectivity index (χ0) is 9.10. The van der Waals surface area contributed by atoms with Gasteiger partial charge >= 0.3 is 0 Å². The number of rotatable bonds is 2. The van der Waals surface area contributed by atoms with Crippen LogP contribution < -0.4 is 5.32 Å². The summed E-state index contributed by atoms with van der Waals surface area (Å²) in [7, 11) is 0. The lowest BCUT2D eigenvalue weighted by Crippen LogP contribution is -2.45. The summed E-state index contributed by atoms with van der Waals surface area (Å²) in [5.41, 5.74) is 0. The Labute approximate surface area is 81.0 Å². The normalized spacial score (nSPS) is 40.8. The molecule has 0 aromatic carbocycles. The second-order valence-corrected chi connectivity index (χ2v) is 4.41. The molecule has 0 aromatic rings. The van der Waals surface area contributed by atoms with Crippen molar-refractivity contribution in [2.75, 3.05) is 13.2 Å². The van der Waals surface area contributed by atoms with Crippen molar-refractivity contribution in [1.82, 2.24) is 5.32 Å². The quantitative estimate of drug-likeness (QED) is 0.706. The first-order valence-electron chi connectivity index (χ1n) is 5.75. The highest BCUT2D eigenvalue weighted by Gasteiger charge is 2.29. The van der Waals surface area contributed by atoms with E-state index in [9.17, 15) is 0 Å². The molecule has 3 unspecified atom stereocenters. The van der Waals surface area contributed by atoms with E-state index in [1.807, 2.05) is 0 Å². The van der Waals surface area contributed by atoms with Crippen LogP contribution in [0.25, 0.3) is 0 Å². The van der Waals surface area contributed by atoms with Gasteiger partial charge in [-0.25, -0.2) is 0 Å². The van der Waals surface area contributed by atoms with E-state index in [2.05, 4.69) is 12.2 Å². The summed E-state index contributed by atoms with van der Waals surface area (Å²) in [6, 6.07) is 0.654. The Kier molecular flexibility index (Phi) is 3.23. The van der Waals surface area contributed by atoms with Gasteiger partial charge in [0.25, 0.3) is 0 Å². The van der Waals surface area contributed by atoms with Gasteiger partial charge in [-0.3, -0.25) is 0 Å². The molecule has 3 atom stereocenters. The fourth-order valence-electron chi connectivity index (χ4n) is 2.61. The first-order chi connectivity index (χ1) is 6.40. The van der Waals surface area contributed by atoms with Gasteiger partial charge in [-0.2, -0.15) is 0 Å². The first kappa shape index (κ1) is 9.47. The molecule has 2 aliphatic rings. The van der Waals surface area contributed by atoms with Gasteiger partial charge < -0.3 is 10.1 Å². The van der Waals surface area contributed by atoms with Crippen LogP contribution in [-0.4, -0.2) is 25.3 Å². The molecule has 13 heavy (non-hydrogen) atoms. The van der Waals surface area contributed by atoms with Gasteiger partial charge in [0.05, 0.1) is 6.10 Å². The van der Waals surface area contributed by atoms with Gasteiger partial charge in [-0.1, -0.05) is 13.3 Å². The van der Waals surface area contributed by atoms with Crippen molar-refractivity contribution in [2.45, 2.75) is 51.2 Å². The van der Waals surface area contributed by atoms with Gasteiger partial charge in [0.15, 0.2) is 0 Å². The predicted octanol–water partition coefficient (Wildman–Crippen LogP) is 1.94. The number of piperidine rings is 1. The monoisotopic (exact) mass is 183 g/mol. The Morgan fingerprint density at radius 2 is 2.31 bits per heavy atom. The highest BCUT2D eigenvalue weighted by atomic mass is 16.5. The highest BCUT2D eigenvalue weighted by molar-refractivity contribution is 4.86. The number of nitrogens with one attached hydrogen (secondary N) is 1. The van der Waals surface area contributed by atoms with Crippen LogP contribution in [0.3, 0.4) is 0 Å². The Morgan fingerprint density at radius 1 is 1.38 bits per heavy atom. The second kappa shape index (κ2) is 4.43. The molecule has 76 valence electrons. The molecule has 1 N–H and O–H groups in total. The topological polar surface area (TPSA) is 21.3 Å². The maximum absolute atomic E-state index is 5.72. The van der Waals surface area contributed by atoms with E-state index >= 15 is 0 Å². The molecule has 0 aromatic heterocycles. The second-order valence-electron chi connectivity index (χ2n) is 4.41. The van der Waals surface area contributed by atoms with Gasteiger partial charge in [0, 0.05) is 12.6 Å². The van der Waals surface area contributed by atoms with Crippen molar-refractivity contribution in [1.29, 1.82) is 0 Å². The minimum absolute atomic E-state index is 0.523. The fraction of sp³-hybridized carbons (Fsp3) is 1.00. The number of hydrogen-bond acceptors (Lipinski definition) is 2. The Morgan fingerprint density at radius 3 is 3.00 bits per heavy atom. The van der Waals surface area contributed by atoms with E-state index in [1.165, 1.54) is 38.6 Å². The summed E-state index contributed by atoms with van der Waals surface area (Å²) in [6.45, 7) is 4.49. The van der Waals surface area contributed by atoms with Crippen LogP contribution in [0.2, 0.25) is 0 Å². The van der Waals surface area contributed by atoms with E-state index in [0.717, 1.165) is 12.5 Å². The Hall–Kier alpha value is -0.0800. The van der Waals surface area contributed by atoms with Crippen molar-refractivity contribution in [2.24, 2.45) is 5.92 Å². The van der Waals surface area contributed by atoms with E-state index in [-0.39, 0.29) is 0 Å². The maximum atomic E-state index is 5.72. The molecule has 2 heterocycles.